The van der Waals surface area contributed by atoms with Gasteiger partial charge < -0.3 is 9.67 Å². The van der Waals surface area contributed by atoms with Crippen LogP contribution in [0.1, 0.15) is 16.1 Å². The Hall–Kier alpha value is -1.78. The fraction of sp³-hybridized carbons (Fsp3) is 0.0714. The molecule has 3 nitrogen and oxygen atoms in total. The summed E-state index contributed by atoms with van der Waals surface area (Å²) in [5.74, 6) is -0.935. The van der Waals surface area contributed by atoms with Gasteiger partial charge in [0.25, 0.3) is 0 Å². The lowest BCUT2D eigenvalue weighted by Crippen LogP contribution is -2.09. The van der Waals surface area contributed by atoms with Crippen molar-refractivity contribution in [2.75, 3.05) is 0 Å². The zero-order valence-corrected chi connectivity index (χ0v) is 11.4. The van der Waals surface area contributed by atoms with Crippen LogP contribution in [0.5, 0.6) is 0 Å². The Balaban J connectivity index is 2.17. The summed E-state index contributed by atoms with van der Waals surface area (Å²) in [5.41, 5.74) is 2.12. The summed E-state index contributed by atoms with van der Waals surface area (Å²) in [5, 5.41) is 11.7. The summed E-state index contributed by atoms with van der Waals surface area (Å²) in [7, 11) is 0. The number of nitrogens with zero attached hydrogens (tertiary/aromatic N) is 1. The van der Waals surface area contributed by atoms with E-state index in [-0.39, 0.29) is 5.69 Å². The lowest BCUT2D eigenvalue weighted by Gasteiger charge is -2.08. The first kappa shape index (κ1) is 12.3. The van der Waals surface area contributed by atoms with Gasteiger partial charge in [-0.1, -0.05) is 41.9 Å². The summed E-state index contributed by atoms with van der Waals surface area (Å²) in [6, 6.07) is 11.4. The Morgan fingerprint density at radius 2 is 2.05 bits per heavy atom. The normalized spacial score (nSPS) is 11.0. The first-order valence-corrected chi connectivity index (χ1v) is 6.96. The topological polar surface area (TPSA) is 42.2 Å². The molecule has 0 saturated carbocycles. The highest BCUT2D eigenvalue weighted by Crippen LogP contribution is 2.33. The molecule has 2 heterocycles. The van der Waals surface area contributed by atoms with Crippen LogP contribution < -0.4 is 0 Å². The van der Waals surface area contributed by atoms with Crippen molar-refractivity contribution >= 4 is 39.1 Å². The van der Waals surface area contributed by atoms with Gasteiger partial charge in [-0.3, -0.25) is 0 Å². The van der Waals surface area contributed by atoms with Crippen molar-refractivity contribution < 1.29 is 9.90 Å². The van der Waals surface area contributed by atoms with Crippen LogP contribution in [0.4, 0.5) is 0 Å². The first-order valence-electron chi connectivity index (χ1n) is 5.70. The predicted octanol–water partition coefficient (Wildman–Crippen LogP) is 4.10. The van der Waals surface area contributed by atoms with Crippen LogP contribution in [-0.2, 0) is 6.54 Å². The number of hydrogen-bond donors (Lipinski definition) is 1. The molecule has 5 heteroatoms. The molecule has 0 unspecified atom stereocenters. The third-order valence-corrected chi connectivity index (χ3v) is 4.32. The Kier molecular flexibility index (Phi) is 3.05. The molecule has 0 aliphatic rings. The average Bonchev–Trinajstić information content (AvgIpc) is 2.93. The molecule has 3 aromatic rings. The van der Waals surface area contributed by atoms with Gasteiger partial charge in [-0.05, 0) is 11.6 Å². The van der Waals surface area contributed by atoms with Crippen molar-refractivity contribution in [3.05, 3.63) is 58.1 Å². The molecule has 0 aliphatic carbocycles. The Morgan fingerprint density at radius 3 is 2.74 bits per heavy atom. The average molecular weight is 292 g/mol. The third kappa shape index (κ3) is 2.13. The molecule has 1 N–H and O–H groups in total. The number of carbonyl (C=O) groups is 1. The third-order valence-electron chi connectivity index (χ3n) is 2.98. The monoisotopic (exact) mass is 291 g/mol. The van der Waals surface area contributed by atoms with Gasteiger partial charge in [0.05, 0.1) is 15.2 Å². The van der Waals surface area contributed by atoms with E-state index in [1.807, 2.05) is 35.7 Å². The summed E-state index contributed by atoms with van der Waals surface area (Å²) in [6.07, 6.45) is 0. The fourth-order valence-electron chi connectivity index (χ4n) is 2.14. The largest absolute Gasteiger partial charge is 0.477 e. The van der Waals surface area contributed by atoms with Crippen molar-refractivity contribution in [1.82, 2.24) is 4.57 Å². The standard InChI is InChI=1S/C14H10ClNO2S/c15-10-8-19-12-6-11(14(17)18)16(13(10)12)7-9-4-2-1-3-5-9/h1-6,8H,7H2,(H,17,18). The molecule has 0 aliphatic heterocycles. The molecule has 2 aromatic heterocycles. The molecule has 0 saturated heterocycles. The quantitative estimate of drug-likeness (QED) is 0.789. The van der Waals surface area contributed by atoms with Gasteiger partial charge in [-0.15, -0.1) is 11.3 Å². The van der Waals surface area contributed by atoms with Crippen molar-refractivity contribution in [2.45, 2.75) is 6.54 Å². The van der Waals surface area contributed by atoms with E-state index >= 15 is 0 Å². The molecular weight excluding hydrogens is 282 g/mol. The summed E-state index contributed by atoms with van der Waals surface area (Å²) in [4.78, 5) is 11.3. The number of thiophene rings is 1. The van der Waals surface area contributed by atoms with E-state index in [9.17, 15) is 9.90 Å². The van der Waals surface area contributed by atoms with E-state index in [4.69, 9.17) is 11.6 Å². The number of benzene rings is 1. The van der Waals surface area contributed by atoms with Gasteiger partial charge in [0.2, 0.25) is 0 Å². The van der Waals surface area contributed by atoms with Crippen LogP contribution in [0.2, 0.25) is 5.02 Å². The van der Waals surface area contributed by atoms with Gasteiger partial charge in [0.1, 0.15) is 5.69 Å². The second-order valence-electron chi connectivity index (χ2n) is 4.20. The second kappa shape index (κ2) is 4.72. The molecule has 0 bridgehead atoms. The summed E-state index contributed by atoms with van der Waals surface area (Å²) < 4.78 is 2.66. The van der Waals surface area contributed by atoms with Gasteiger partial charge in [-0.25, -0.2) is 4.79 Å². The van der Waals surface area contributed by atoms with Crippen LogP contribution in [0.15, 0.2) is 41.8 Å². The predicted molar refractivity (Wildman–Crippen MR) is 77.3 cm³/mol. The van der Waals surface area contributed by atoms with E-state index in [2.05, 4.69) is 0 Å². The minimum atomic E-state index is -0.935. The number of rotatable bonds is 3. The molecular formula is C14H10ClNO2S. The Morgan fingerprint density at radius 1 is 1.32 bits per heavy atom. The Labute approximate surface area is 118 Å². The highest BCUT2D eigenvalue weighted by molar-refractivity contribution is 7.17. The van der Waals surface area contributed by atoms with Crippen LogP contribution in [0.3, 0.4) is 0 Å². The molecule has 19 heavy (non-hydrogen) atoms. The number of aromatic nitrogens is 1. The van der Waals surface area contributed by atoms with Crippen LogP contribution in [0, 0.1) is 0 Å². The smallest absolute Gasteiger partial charge is 0.352 e. The van der Waals surface area contributed by atoms with Gasteiger partial charge in [0.15, 0.2) is 0 Å². The van der Waals surface area contributed by atoms with Crippen molar-refractivity contribution in [3.8, 4) is 0 Å². The SMILES string of the molecule is O=C(O)c1cc2scc(Cl)c2n1Cc1ccccc1. The van der Waals surface area contributed by atoms with E-state index in [0.29, 0.717) is 11.6 Å². The minimum absolute atomic E-state index is 0.271. The molecule has 0 radical (unpaired) electrons. The summed E-state index contributed by atoms with van der Waals surface area (Å²) >= 11 is 7.62. The second-order valence-corrected chi connectivity index (χ2v) is 5.52. The molecule has 0 spiro atoms. The maximum absolute atomic E-state index is 11.3. The molecule has 1 aromatic carbocycles. The summed E-state index contributed by atoms with van der Waals surface area (Å²) in [6.45, 7) is 0.502. The number of fused-ring (bicyclic) bond motifs is 1. The minimum Gasteiger partial charge on any atom is -0.477 e. The van der Waals surface area contributed by atoms with E-state index < -0.39 is 5.97 Å². The van der Waals surface area contributed by atoms with Gasteiger partial charge in [0, 0.05) is 11.9 Å². The van der Waals surface area contributed by atoms with Gasteiger partial charge in [-0.2, -0.15) is 0 Å². The highest BCUT2D eigenvalue weighted by atomic mass is 35.5. The number of aromatic carboxylic acids is 1. The lowest BCUT2D eigenvalue weighted by molar-refractivity contribution is 0.0686. The number of halogens is 1. The van der Waals surface area contributed by atoms with Gasteiger partial charge >= 0.3 is 5.97 Å². The lowest BCUT2D eigenvalue weighted by atomic mass is 10.2. The number of carboxylic acid groups (broad SMARTS) is 1. The number of hydrogen-bond acceptors (Lipinski definition) is 2. The van der Waals surface area contributed by atoms with E-state index in [1.165, 1.54) is 11.3 Å². The van der Waals surface area contributed by atoms with Crippen LogP contribution in [-0.4, -0.2) is 15.6 Å². The van der Waals surface area contributed by atoms with Crippen molar-refractivity contribution in [1.29, 1.82) is 0 Å². The highest BCUT2D eigenvalue weighted by Gasteiger charge is 2.18. The molecule has 0 atom stereocenters. The Bertz CT molecular complexity index is 745. The van der Waals surface area contributed by atoms with E-state index in [0.717, 1.165) is 15.8 Å². The molecule has 3 rings (SSSR count). The zero-order valence-electron chi connectivity index (χ0n) is 9.84. The van der Waals surface area contributed by atoms with Crippen LogP contribution in [0.25, 0.3) is 10.2 Å². The number of carboxylic acids is 1. The molecule has 0 fully saturated rings. The van der Waals surface area contributed by atoms with Crippen LogP contribution >= 0.6 is 22.9 Å². The molecule has 0 amide bonds. The van der Waals surface area contributed by atoms with Crippen molar-refractivity contribution in [2.24, 2.45) is 0 Å². The first-order chi connectivity index (χ1) is 9.16. The maximum atomic E-state index is 11.3. The van der Waals surface area contributed by atoms with Crippen molar-refractivity contribution in [3.63, 3.8) is 0 Å². The van der Waals surface area contributed by atoms with E-state index in [1.54, 1.807) is 10.6 Å². The maximum Gasteiger partial charge on any atom is 0.352 e. The zero-order chi connectivity index (χ0) is 13.4. The fourth-order valence-corrected chi connectivity index (χ4v) is 3.39. The molecule has 96 valence electrons.